The van der Waals surface area contributed by atoms with Gasteiger partial charge >= 0.3 is 0 Å². The van der Waals surface area contributed by atoms with Gasteiger partial charge in [-0.25, -0.2) is 4.98 Å². The summed E-state index contributed by atoms with van der Waals surface area (Å²) in [5.41, 5.74) is 3.28. The zero-order chi connectivity index (χ0) is 15.6. The monoisotopic (exact) mass is 326 g/mol. The molecule has 4 rings (SSSR count). The summed E-state index contributed by atoms with van der Waals surface area (Å²) in [5.74, 6) is 2.60. The van der Waals surface area contributed by atoms with Crippen molar-refractivity contribution in [1.82, 2.24) is 9.88 Å². The number of fused-ring (bicyclic) bond motifs is 1. The van der Waals surface area contributed by atoms with Crippen molar-refractivity contribution in [3.63, 3.8) is 0 Å². The number of ether oxygens (including phenoxy) is 1. The van der Waals surface area contributed by atoms with Crippen molar-refractivity contribution in [2.45, 2.75) is 20.0 Å². The highest BCUT2D eigenvalue weighted by Gasteiger charge is 2.19. The molecule has 1 aliphatic rings. The summed E-state index contributed by atoms with van der Waals surface area (Å²) in [6, 6.07) is 10.3. The van der Waals surface area contributed by atoms with Crippen molar-refractivity contribution < 1.29 is 9.15 Å². The predicted molar refractivity (Wildman–Crippen MR) is 90.6 cm³/mol. The molecule has 3 aromatic rings. The van der Waals surface area contributed by atoms with Crippen LogP contribution < -0.4 is 4.74 Å². The van der Waals surface area contributed by atoms with Gasteiger partial charge in [0.05, 0.1) is 5.69 Å². The third-order valence-corrected chi connectivity index (χ3v) is 4.75. The molecule has 0 saturated carbocycles. The maximum absolute atomic E-state index is 5.84. The van der Waals surface area contributed by atoms with E-state index in [1.165, 1.54) is 5.56 Å². The van der Waals surface area contributed by atoms with Gasteiger partial charge in [-0.05, 0) is 24.4 Å². The Hall–Kier alpha value is -2.11. The largest absolute Gasteiger partial charge is 0.492 e. The summed E-state index contributed by atoms with van der Waals surface area (Å²) < 4.78 is 11.7. The number of aromatic nitrogens is 1. The normalized spacial score (nSPS) is 15.0. The molecule has 1 aromatic carbocycles. The molecule has 2 aromatic heterocycles. The zero-order valence-corrected chi connectivity index (χ0v) is 13.8. The van der Waals surface area contributed by atoms with Crippen molar-refractivity contribution in [1.29, 1.82) is 0 Å². The molecule has 0 radical (unpaired) electrons. The van der Waals surface area contributed by atoms with Crippen LogP contribution in [0.5, 0.6) is 5.75 Å². The van der Waals surface area contributed by atoms with Gasteiger partial charge in [0.25, 0.3) is 0 Å². The van der Waals surface area contributed by atoms with E-state index in [2.05, 4.69) is 22.4 Å². The van der Waals surface area contributed by atoms with Crippen LogP contribution in [0.1, 0.15) is 17.0 Å². The van der Waals surface area contributed by atoms with E-state index < -0.39 is 0 Å². The maximum Gasteiger partial charge on any atom is 0.227 e. The quantitative estimate of drug-likeness (QED) is 0.726. The van der Waals surface area contributed by atoms with Crippen LogP contribution in [0.3, 0.4) is 0 Å². The third kappa shape index (κ3) is 3.02. The first-order valence-electron chi connectivity index (χ1n) is 7.71. The number of oxazole rings is 1. The SMILES string of the molecule is Cc1oc(-c2ccsc2)nc1CN1CCOc2ccccc2C1. The fraction of sp³-hybridized carbons (Fsp3) is 0.278. The van der Waals surface area contributed by atoms with E-state index in [1.807, 2.05) is 30.5 Å². The molecule has 0 bridgehead atoms. The van der Waals surface area contributed by atoms with E-state index in [9.17, 15) is 0 Å². The van der Waals surface area contributed by atoms with Gasteiger partial charge in [-0.3, -0.25) is 4.90 Å². The van der Waals surface area contributed by atoms with Gasteiger partial charge < -0.3 is 9.15 Å². The van der Waals surface area contributed by atoms with Crippen molar-refractivity contribution in [2.75, 3.05) is 13.2 Å². The molecule has 0 amide bonds. The van der Waals surface area contributed by atoms with Gasteiger partial charge in [-0.1, -0.05) is 18.2 Å². The fourth-order valence-electron chi connectivity index (χ4n) is 2.81. The predicted octanol–water partition coefficient (Wildman–Crippen LogP) is 4.11. The van der Waals surface area contributed by atoms with Gasteiger partial charge in [0.2, 0.25) is 5.89 Å². The molecule has 0 atom stereocenters. The fourth-order valence-corrected chi connectivity index (χ4v) is 3.44. The lowest BCUT2D eigenvalue weighted by atomic mass is 10.2. The lowest BCUT2D eigenvalue weighted by Crippen LogP contribution is -2.25. The second-order valence-electron chi connectivity index (χ2n) is 5.70. The standard InChI is InChI=1S/C18H18N2O2S/c1-13-16(19-18(22-13)15-6-9-23-12-15)11-20-7-8-21-17-5-3-2-4-14(17)10-20/h2-6,9,12H,7-8,10-11H2,1H3. The molecule has 0 N–H and O–H groups in total. The second kappa shape index (κ2) is 6.18. The molecule has 0 unspecified atom stereocenters. The topological polar surface area (TPSA) is 38.5 Å². The Labute approximate surface area is 139 Å². The van der Waals surface area contributed by atoms with E-state index in [4.69, 9.17) is 14.1 Å². The molecule has 3 heterocycles. The highest BCUT2D eigenvalue weighted by atomic mass is 32.1. The van der Waals surface area contributed by atoms with Gasteiger partial charge in [-0.15, -0.1) is 0 Å². The lowest BCUT2D eigenvalue weighted by molar-refractivity contribution is 0.217. The van der Waals surface area contributed by atoms with Gasteiger partial charge in [0, 0.05) is 36.1 Å². The Balaban J connectivity index is 1.54. The maximum atomic E-state index is 5.84. The number of hydrogen-bond acceptors (Lipinski definition) is 5. The average molecular weight is 326 g/mol. The van der Waals surface area contributed by atoms with Gasteiger partial charge in [0.15, 0.2) is 0 Å². The van der Waals surface area contributed by atoms with Crippen LogP contribution in [0.4, 0.5) is 0 Å². The minimum atomic E-state index is 0.700. The molecule has 5 heteroatoms. The Morgan fingerprint density at radius 2 is 2.17 bits per heavy atom. The average Bonchev–Trinajstić information content (AvgIpc) is 3.14. The van der Waals surface area contributed by atoms with Crippen LogP contribution in [-0.2, 0) is 13.1 Å². The number of thiophene rings is 1. The highest BCUT2D eigenvalue weighted by Crippen LogP contribution is 2.26. The number of nitrogens with zero attached hydrogens (tertiary/aromatic N) is 2. The Kier molecular flexibility index (Phi) is 3.89. The first-order valence-corrected chi connectivity index (χ1v) is 8.66. The van der Waals surface area contributed by atoms with Crippen LogP contribution in [0.25, 0.3) is 11.5 Å². The number of hydrogen-bond donors (Lipinski definition) is 0. The highest BCUT2D eigenvalue weighted by molar-refractivity contribution is 7.08. The summed E-state index contributed by atoms with van der Waals surface area (Å²) >= 11 is 1.65. The van der Waals surface area contributed by atoms with E-state index in [-0.39, 0.29) is 0 Å². The lowest BCUT2D eigenvalue weighted by Gasteiger charge is -2.17. The van der Waals surface area contributed by atoms with Gasteiger partial charge in [0.1, 0.15) is 18.1 Å². The summed E-state index contributed by atoms with van der Waals surface area (Å²) in [7, 11) is 0. The van der Waals surface area contributed by atoms with E-state index in [0.29, 0.717) is 12.5 Å². The molecule has 1 aliphatic heterocycles. The number of rotatable bonds is 3. The van der Waals surface area contributed by atoms with Gasteiger partial charge in [-0.2, -0.15) is 11.3 Å². The smallest absolute Gasteiger partial charge is 0.227 e. The Bertz CT molecular complexity index is 795. The molecular weight excluding hydrogens is 308 g/mol. The van der Waals surface area contributed by atoms with Crippen LogP contribution in [0.2, 0.25) is 0 Å². The molecule has 0 fully saturated rings. The Morgan fingerprint density at radius 1 is 1.26 bits per heavy atom. The second-order valence-corrected chi connectivity index (χ2v) is 6.48. The number of aryl methyl sites for hydroxylation is 1. The summed E-state index contributed by atoms with van der Waals surface area (Å²) in [6.07, 6.45) is 0. The molecule has 23 heavy (non-hydrogen) atoms. The molecular formula is C18H18N2O2S. The van der Waals surface area contributed by atoms with Crippen LogP contribution in [0, 0.1) is 6.92 Å². The van der Waals surface area contributed by atoms with Crippen LogP contribution in [0.15, 0.2) is 45.5 Å². The minimum absolute atomic E-state index is 0.700. The Morgan fingerprint density at radius 3 is 3.04 bits per heavy atom. The molecule has 0 aliphatic carbocycles. The van der Waals surface area contributed by atoms with Crippen LogP contribution in [-0.4, -0.2) is 23.0 Å². The molecule has 0 spiro atoms. The van der Waals surface area contributed by atoms with Crippen molar-refractivity contribution in [3.8, 4) is 17.2 Å². The van der Waals surface area contributed by atoms with Crippen molar-refractivity contribution >= 4 is 11.3 Å². The zero-order valence-electron chi connectivity index (χ0n) is 13.0. The number of para-hydroxylation sites is 1. The van der Waals surface area contributed by atoms with E-state index in [0.717, 1.165) is 42.4 Å². The summed E-state index contributed by atoms with van der Waals surface area (Å²) in [4.78, 5) is 7.05. The molecule has 4 nitrogen and oxygen atoms in total. The van der Waals surface area contributed by atoms with Crippen LogP contribution >= 0.6 is 11.3 Å². The molecule has 118 valence electrons. The number of benzene rings is 1. The summed E-state index contributed by atoms with van der Waals surface area (Å²) in [5, 5.41) is 4.10. The van der Waals surface area contributed by atoms with E-state index in [1.54, 1.807) is 11.3 Å². The third-order valence-electron chi connectivity index (χ3n) is 4.07. The van der Waals surface area contributed by atoms with Crippen molar-refractivity contribution in [3.05, 3.63) is 58.1 Å². The molecule has 0 saturated heterocycles. The minimum Gasteiger partial charge on any atom is -0.492 e. The first-order chi connectivity index (χ1) is 11.3. The first kappa shape index (κ1) is 14.5. The van der Waals surface area contributed by atoms with E-state index >= 15 is 0 Å². The summed E-state index contributed by atoms with van der Waals surface area (Å²) in [6.45, 7) is 5.22. The van der Waals surface area contributed by atoms with Crippen molar-refractivity contribution in [2.24, 2.45) is 0 Å².